The van der Waals surface area contributed by atoms with Gasteiger partial charge in [0.15, 0.2) is 11.4 Å². The maximum atomic E-state index is 13.3. The van der Waals surface area contributed by atoms with Crippen molar-refractivity contribution in [3.63, 3.8) is 0 Å². The van der Waals surface area contributed by atoms with E-state index in [2.05, 4.69) is 32.8 Å². The molecule has 0 radical (unpaired) electrons. The molecule has 4 amide bonds. The molecule has 0 atom stereocenters. The Morgan fingerprint density at radius 1 is 1.02 bits per heavy atom. The summed E-state index contributed by atoms with van der Waals surface area (Å²) in [6, 6.07) is 13.9. The molecular weight excluding hydrogens is 789 g/mol. The molecule has 0 aliphatic heterocycles. The molecule has 0 bridgehead atoms. The van der Waals surface area contributed by atoms with Crippen LogP contribution in [0.15, 0.2) is 77.8 Å². The maximum Gasteiger partial charge on any atom is 0.412 e. The van der Waals surface area contributed by atoms with Gasteiger partial charge in [-0.15, -0.1) is 0 Å². The molecular formula is C42H50N10O9. The van der Waals surface area contributed by atoms with Crippen LogP contribution in [0.2, 0.25) is 0 Å². The predicted octanol–water partition coefficient (Wildman–Crippen LogP) is 5.96. The van der Waals surface area contributed by atoms with Gasteiger partial charge in [-0.05, 0) is 89.4 Å². The highest BCUT2D eigenvalue weighted by Crippen LogP contribution is 2.39. The lowest BCUT2D eigenvalue weighted by Crippen LogP contribution is -2.39. The number of nitrogens with one attached hydrogen (secondary N) is 3. The molecule has 0 saturated heterocycles. The van der Waals surface area contributed by atoms with E-state index in [-0.39, 0.29) is 60.4 Å². The average Bonchev–Trinajstić information content (AvgIpc) is 3.59. The molecule has 19 nitrogen and oxygen atoms in total. The monoisotopic (exact) mass is 838 g/mol. The van der Waals surface area contributed by atoms with E-state index in [9.17, 15) is 29.3 Å². The number of aliphatic imine (C=N–C) groups is 1. The number of hydrogen-bond donors (Lipinski definition) is 5. The third-order valence-electron chi connectivity index (χ3n) is 8.54. The Morgan fingerprint density at radius 3 is 2.36 bits per heavy atom. The van der Waals surface area contributed by atoms with Gasteiger partial charge in [0.2, 0.25) is 11.8 Å². The molecule has 4 rings (SSSR count). The number of amides is 4. The maximum absolute atomic E-state index is 13.3. The zero-order valence-corrected chi connectivity index (χ0v) is 34.8. The van der Waals surface area contributed by atoms with E-state index in [0.717, 1.165) is 6.07 Å². The molecule has 4 aromatic rings. The van der Waals surface area contributed by atoms with Gasteiger partial charge in [-0.3, -0.25) is 39.5 Å². The number of anilines is 3. The number of nitrogens with zero attached hydrogens (tertiary/aromatic N) is 5. The Kier molecular flexibility index (Phi) is 15.7. The van der Waals surface area contributed by atoms with Crippen LogP contribution in [0.5, 0.6) is 11.5 Å². The van der Waals surface area contributed by atoms with Crippen molar-refractivity contribution < 1.29 is 38.3 Å². The van der Waals surface area contributed by atoms with Gasteiger partial charge in [-0.25, -0.2) is 4.79 Å². The van der Waals surface area contributed by atoms with E-state index in [1.165, 1.54) is 25.3 Å². The van der Waals surface area contributed by atoms with Crippen LogP contribution >= 0.6 is 0 Å². The molecule has 7 N–H and O–H groups in total. The Hall–Kier alpha value is -7.70. The van der Waals surface area contributed by atoms with Crippen molar-refractivity contribution in [2.45, 2.75) is 46.8 Å². The van der Waals surface area contributed by atoms with Crippen molar-refractivity contribution in [2.75, 3.05) is 49.0 Å². The smallest absolute Gasteiger partial charge is 0.412 e. The third kappa shape index (κ3) is 12.9. The lowest BCUT2D eigenvalue weighted by molar-refractivity contribution is -0.384. The summed E-state index contributed by atoms with van der Waals surface area (Å²) in [6.45, 7) is 13.1. The second-order valence-corrected chi connectivity index (χ2v) is 14.2. The fourth-order valence-electron chi connectivity index (χ4n) is 5.88. The fourth-order valence-corrected chi connectivity index (χ4v) is 5.88. The summed E-state index contributed by atoms with van der Waals surface area (Å²) in [5, 5.41) is 25.2. The Balaban J connectivity index is 1.56. The molecule has 1 aromatic heterocycles. The number of hydrogen-bond acceptors (Lipinski definition) is 13. The first-order valence-corrected chi connectivity index (χ1v) is 18.9. The number of primary amides is 2. The van der Waals surface area contributed by atoms with Crippen LogP contribution in [0.1, 0.15) is 70.2 Å². The van der Waals surface area contributed by atoms with Crippen molar-refractivity contribution in [2.24, 2.45) is 16.5 Å². The number of methoxy groups -OCH3 is 1. The molecule has 0 saturated carbocycles. The first-order chi connectivity index (χ1) is 28.9. The summed E-state index contributed by atoms with van der Waals surface area (Å²) < 4.78 is 18.4. The van der Waals surface area contributed by atoms with Crippen LogP contribution in [-0.4, -0.2) is 84.3 Å². The first kappa shape index (κ1) is 46.0. The Bertz CT molecular complexity index is 2350. The largest absolute Gasteiger partial charge is 0.494 e. The quantitative estimate of drug-likeness (QED) is 0.0227. The van der Waals surface area contributed by atoms with Gasteiger partial charge >= 0.3 is 6.09 Å². The van der Waals surface area contributed by atoms with Gasteiger partial charge in [0.1, 0.15) is 29.3 Å². The number of nitro groups is 1. The summed E-state index contributed by atoms with van der Waals surface area (Å²) in [7, 11) is 1.41. The summed E-state index contributed by atoms with van der Waals surface area (Å²) in [4.78, 5) is 67.2. The van der Waals surface area contributed by atoms with Gasteiger partial charge < -0.3 is 41.2 Å². The molecule has 0 aliphatic carbocycles. The number of aryl methyl sites for hydroxylation is 2. The lowest BCUT2D eigenvalue weighted by atomic mass is 10.1. The van der Waals surface area contributed by atoms with Crippen molar-refractivity contribution in [1.82, 2.24) is 15.1 Å². The minimum atomic E-state index is -0.890. The van der Waals surface area contributed by atoms with E-state index in [0.29, 0.717) is 34.9 Å². The van der Waals surface area contributed by atoms with Gasteiger partial charge in [0, 0.05) is 42.5 Å². The Morgan fingerprint density at radius 2 is 1.72 bits per heavy atom. The zero-order chi connectivity index (χ0) is 44.9. The average molecular weight is 839 g/mol. The van der Waals surface area contributed by atoms with E-state index in [1.54, 1.807) is 91.9 Å². The number of rotatable bonds is 20. The highest BCUT2D eigenvalue weighted by atomic mass is 16.6. The second kappa shape index (κ2) is 20.8. The summed E-state index contributed by atoms with van der Waals surface area (Å²) in [5.74, 6) is -1.76. The number of carbonyl (C=O) groups is 4. The highest BCUT2D eigenvalue weighted by Gasteiger charge is 2.24. The second-order valence-electron chi connectivity index (χ2n) is 14.2. The number of ether oxygens (including phenoxy) is 3. The van der Waals surface area contributed by atoms with E-state index < -0.39 is 40.0 Å². The van der Waals surface area contributed by atoms with E-state index >= 15 is 0 Å². The van der Waals surface area contributed by atoms with Crippen LogP contribution in [0.4, 0.5) is 33.2 Å². The van der Waals surface area contributed by atoms with Crippen LogP contribution in [0.25, 0.3) is 6.08 Å². The standard InChI is InChI=1S/C42H50N10O9/c1-8-51-33(19-26(2)49-51)40(55)47-25-50(37-31(45-6)21-28(38(43)53)24-35(37)59-7)17-10-9-16-46-36-32(52(57)58)22-29(39(44)54)23-34(36)60-18-12-14-27-13-11-15-30(20-27)48-41(56)61-42(3,4)5/h9-15,19-24,46H,6,8,16-18,25H2,1-5,7H3,(H2,43,53)(H2,44,54)(H,47,55)(H,48,56)/b10-9+,14-12+. The number of nitro benzene ring substituents is 1. The fraction of sp³-hybridized carbons (Fsp3) is 0.286. The van der Waals surface area contributed by atoms with Crippen LogP contribution in [-0.2, 0) is 11.3 Å². The third-order valence-corrected chi connectivity index (χ3v) is 8.54. The normalized spacial score (nSPS) is 11.2. The van der Waals surface area contributed by atoms with Crippen LogP contribution in [0.3, 0.4) is 0 Å². The van der Waals surface area contributed by atoms with Gasteiger partial charge in [0.05, 0.1) is 30.1 Å². The van der Waals surface area contributed by atoms with Crippen molar-refractivity contribution in [3.05, 3.63) is 111 Å². The molecule has 0 fully saturated rings. The molecule has 1 heterocycles. The zero-order valence-electron chi connectivity index (χ0n) is 34.8. The van der Waals surface area contributed by atoms with Crippen LogP contribution < -0.4 is 41.8 Å². The predicted molar refractivity (Wildman–Crippen MR) is 233 cm³/mol. The van der Waals surface area contributed by atoms with E-state index in [1.807, 2.05) is 6.92 Å². The number of benzene rings is 3. The van der Waals surface area contributed by atoms with Crippen molar-refractivity contribution in [1.29, 1.82) is 0 Å². The van der Waals surface area contributed by atoms with Gasteiger partial charge in [0.25, 0.3) is 11.6 Å². The van der Waals surface area contributed by atoms with Crippen molar-refractivity contribution >= 4 is 65.0 Å². The highest BCUT2D eigenvalue weighted by molar-refractivity contribution is 5.97. The topological polar surface area (TPSA) is 261 Å². The van der Waals surface area contributed by atoms with Gasteiger partial charge in [-0.1, -0.05) is 30.4 Å². The molecule has 0 spiro atoms. The lowest BCUT2D eigenvalue weighted by Gasteiger charge is -2.27. The first-order valence-electron chi connectivity index (χ1n) is 18.9. The van der Waals surface area contributed by atoms with Gasteiger partial charge in [-0.2, -0.15) is 5.10 Å². The molecule has 19 heteroatoms. The summed E-state index contributed by atoms with van der Waals surface area (Å²) in [6.07, 6.45) is 6.18. The summed E-state index contributed by atoms with van der Waals surface area (Å²) >= 11 is 0. The number of carbonyl (C=O) groups excluding carboxylic acids is 4. The SMILES string of the molecule is C=Nc1cc(C(N)=O)cc(OC)c1N(C/C=C/CNc1c(OC/C=C/c2cccc(NC(=O)OC(C)(C)C)c2)cc(C(N)=O)cc1[N+](=O)[O-])CNC(=O)c1cc(C)nn1CC. The van der Waals surface area contributed by atoms with Crippen molar-refractivity contribution in [3.8, 4) is 11.5 Å². The molecule has 61 heavy (non-hydrogen) atoms. The summed E-state index contributed by atoms with van der Waals surface area (Å²) in [5.41, 5.74) is 12.8. The molecule has 0 aliphatic rings. The number of aromatic nitrogens is 2. The molecule has 322 valence electrons. The minimum absolute atomic E-state index is 0.00624. The van der Waals surface area contributed by atoms with E-state index in [4.69, 9.17) is 25.7 Å². The van der Waals surface area contributed by atoms with Crippen LogP contribution in [0, 0.1) is 17.0 Å². The minimum Gasteiger partial charge on any atom is -0.494 e. The molecule has 3 aromatic carbocycles. The number of nitrogens with two attached hydrogens (primary N) is 2. The molecule has 0 unspecified atom stereocenters. The Labute approximate surface area is 352 Å².